The van der Waals surface area contributed by atoms with Gasteiger partial charge in [0.15, 0.2) is 5.83 Å². The third-order valence-corrected chi connectivity index (χ3v) is 9.63. The Morgan fingerprint density at radius 1 is 1.25 bits per heavy atom. The molecule has 0 aliphatic carbocycles. The highest BCUT2D eigenvalue weighted by Gasteiger charge is 2.38. The number of ether oxygens (including phenoxy) is 2. The zero-order chi connectivity index (χ0) is 31.0. The zero-order valence-electron chi connectivity index (χ0n) is 25.1. The topological polar surface area (TPSA) is 75.4 Å². The van der Waals surface area contributed by atoms with E-state index in [0.29, 0.717) is 37.0 Å². The summed E-state index contributed by atoms with van der Waals surface area (Å²) in [5.41, 5.74) is 2.55. The minimum absolute atomic E-state index is 0.0389. The molecule has 0 radical (unpaired) electrons. The van der Waals surface area contributed by atoms with Crippen LogP contribution in [-0.4, -0.2) is 83.6 Å². The van der Waals surface area contributed by atoms with E-state index in [2.05, 4.69) is 30.3 Å². The van der Waals surface area contributed by atoms with E-state index < -0.39 is 17.8 Å². The molecular weight excluding hydrogens is 583 g/mol. The molecule has 2 aromatic carbocycles. The van der Waals surface area contributed by atoms with Crippen LogP contribution in [0.1, 0.15) is 42.7 Å². The van der Waals surface area contributed by atoms with Crippen molar-refractivity contribution in [1.82, 2.24) is 19.8 Å². The predicted octanol–water partition coefficient (Wildman–Crippen LogP) is 5.38. The predicted molar refractivity (Wildman–Crippen MR) is 167 cm³/mol. The van der Waals surface area contributed by atoms with E-state index >= 15 is 0 Å². The molecule has 2 fully saturated rings. The third kappa shape index (κ3) is 5.72. The van der Waals surface area contributed by atoms with Crippen LogP contribution in [-0.2, 0) is 22.6 Å². The van der Waals surface area contributed by atoms with Gasteiger partial charge in [0.1, 0.15) is 18.5 Å². The smallest absolute Gasteiger partial charge is 0.318 e. The lowest BCUT2D eigenvalue weighted by Crippen LogP contribution is -2.57. The number of hydrogen-bond acceptors (Lipinski definition) is 7. The summed E-state index contributed by atoms with van der Waals surface area (Å²) in [5.74, 6) is -1.15. The molecule has 1 aromatic heterocycles. The van der Waals surface area contributed by atoms with E-state index in [1.165, 1.54) is 4.90 Å². The summed E-state index contributed by atoms with van der Waals surface area (Å²) >= 11 is 6.67. The Morgan fingerprint density at radius 2 is 2.05 bits per heavy atom. The van der Waals surface area contributed by atoms with Crippen molar-refractivity contribution in [2.24, 2.45) is 0 Å². The van der Waals surface area contributed by atoms with E-state index in [9.17, 15) is 9.18 Å². The van der Waals surface area contributed by atoms with Crippen LogP contribution in [0.3, 0.4) is 0 Å². The molecule has 11 heteroatoms. The van der Waals surface area contributed by atoms with Crippen LogP contribution < -0.4 is 9.64 Å². The zero-order valence-corrected chi connectivity index (χ0v) is 25.8. The number of piperazine rings is 1. The maximum absolute atomic E-state index is 13.8. The maximum Gasteiger partial charge on any atom is 0.318 e. The molecule has 3 aromatic rings. The second-order valence-electron chi connectivity index (χ2n) is 12.1. The van der Waals surface area contributed by atoms with Crippen molar-refractivity contribution >= 4 is 34.1 Å². The highest BCUT2D eigenvalue weighted by Crippen LogP contribution is 2.40. The van der Waals surface area contributed by atoms with Crippen molar-refractivity contribution in [3.63, 3.8) is 0 Å². The Hall–Kier alpha value is -3.78. The molecule has 3 atom stereocenters. The standard InChI is InChI=1S/C33H36ClFN6O3/c1-21(35)31(42)41-15-14-40(18-23(41)17-36-3)30-25-19-43-28(24-10-5-8-22-9-6-11-26(34)29(22)24)16-27(25)37-32(38-30)44-20-33(2)12-7-13-39(33)4/h5-6,8-11,23,28H,1,7,12-20H2,2,4H3/t23-,28?,33+/m0/s1. The first kappa shape index (κ1) is 30.3. The fraction of sp³-hybridized carbons (Fsp3) is 0.455. The average Bonchev–Trinajstić information content (AvgIpc) is 3.36. The van der Waals surface area contributed by atoms with Crippen molar-refractivity contribution in [2.75, 3.05) is 51.3 Å². The number of amides is 1. The molecule has 2 saturated heterocycles. The van der Waals surface area contributed by atoms with Gasteiger partial charge >= 0.3 is 6.01 Å². The van der Waals surface area contributed by atoms with Crippen molar-refractivity contribution in [3.8, 4) is 6.01 Å². The molecule has 3 aliphatic rings. The molecule has 1 amide bonds. The Labute approximate surface area is 262 Å². The Balaban J connectivity index is 1.35. The maximum atomic E-state index is 13.8. The summed E-state index contributed by atoms with van der Waals surface area (Å²) in [5, 5.41) is 2.67. The SMILES string of the molecule is [C-]#[N+]C[C@H]1CN(c2nc(OC[C@@]3(C)CCCN3C)nc3c2COC(c2cccc4cccc(Cl)c24)C3)CCN1C(=O)C(=C)F. The minimum Gasteiger partial charge on any atom is -0.461 e. The van der Waals surface area contributed by atoms with Gasteiger partial charge < -0.3 is 24.1 Å². The van der Waals surface area contributed by atoms with Gasteiger partial charge in [0.25, 0.3) is 5.91 Å². The molecule has 44 heavy (non-hydrogen) atoms. The van der Waals surface area contributed by atoms with Crippen LogP contribution in [0, 0.1) is 6.57 Å². The number of fused-ring (bicyclic) bond motifs is 2. The summed E-state index contributed by atoms with van der Waals surface area (Å²) in [4.78, 5) is 31.6. The number of hydrogen-bond donors (Lipinski definition) is 0. The molecule has 0 N–H and O–H groups in total. The minimum atomic E-state index is -1.03. The van der Waals surface area contributed by atoms with Crippen molar-refractivity contribution in [2.45, 2.75) is 50.5 Å². The van der Waals surface area contributed by atoms with Gasteiger partial charge in [0, 0.05) is 42.0 Å². The summed E-state index contributed by atoms with van der Waals surface area (Å²) in [6.45, 7) is 15.5. The summed E-state index contributed by atoms with van der Waals surface area (Å²) in [6.07, 6.45) is 2.34. The van der Waals surface area contributed by atoms with Crippen molar-refractivity contribution in [1.29, 1.82) is 0 Å². The fourth-order valence-electron chi connectivity index (χ4n) is 6.64. The van der Waals surface area contributed by atoms with E-state index in [0.717, 1.165) is 47.0 Å². The first-order valence-corrected chi connectivity index (χ1v) is 15.3. The van der Waals surface area contributed by atoms with Gasteiger partial charge in [-0.05, 0) is 50.4 Å². The first-order valence-electron chi connectivity index (χ1n) is 14.9. The van der Waals surface area contributed by atoms with E-state index in [4.69, 9.17) is 37.6 Å². The van der Waals surface area contributed by atoms with Gasteiger partial charge in [0.05, 0.1) is 23.9 Å². The van der Waals surface area contributed by atoms with Gasteiger partial charge in [-0.1, -0.05) is 48.5 Å². The number of benzene rings is 2. The Bertz CT molecular complexity index is 1640. The summed E-state index contributed by atoms with van der Waals surface area (Å²) in [6, 6.07) is 11.7. The van der Waals surface area contributed by atoms with Crippen LogP contribution in [0.4, 0.5) is 10.2 Å². The lowest BCUT2D eigenvalue weighted by atomic mass is 9.94. The van der Waals surface area contributed by atoms with E-state index in [-0.39, 0.29) is 37.3 Å². The summed E-state index contributed by atoms with van der Waals surface area (Å²) in [7, 11) is 2.11. The van der Waals surface area contributed by atoms with Gasteiger partial charge in [-0.15, -0.1) is 0 Å². The van der Waals surface area contributed by atoms with Crippen LogP contribution in [0.5, 0.6) is 6.01 Å². The number of anilines is 1. The third-order valence-electron chi connectivity index (χ3n) is 9.31. The van der Waals surface area contributed by atoms with Crippen LogP contribution in [0.2, 0.25) is 5.02 Å². The van der Waals surface area contributed by atoms with E-state index in [1.54, 1.807) is 0 Å². The average molecular weight is 619 g/mol. The van der Waals surface area contributed by atoms with Gasteiger partial charge in [-0.2, -0.15) is 9.97 Å². The number of aromatic nitrogens is 2. The quantitative estimate of drug-likeness (QED) is 0.260. The monoisotopic (exact) mass is 618 g/mol. The highest BCUT2D eigenvalue weighted by atomic mass is 35.5. The summed E-state index contributed by atoms with van der Waals surface area (Å²) < 4.78 is 26.6. The largest absolute Gasteiger partial charge is 0.461 e. The molecule has 4 heterocycles. The van der Waals surface area contributed by atoms with Crippen LogP contribution in [0.15, 0.2) is 48.8 Å². The Morgan fingerprint density at radius 3 is 2.77 bits per heavy atom. The van der Waals surface area contributed by atoms with Crippen LogP contribution in [0.25, 0.3) is 15.6 Å². The number of carbonyl (C=O) groups excluding carboxylic acids is 1. The van der Waals surface area contributed by atoms with Crippen molar-refractivity contribution in [3.05, 3.63) is 82.1 Å². The number of rotatable bonds is 7. The number of nitrogens with zero attached hydrogens (tertiary/aromatic N) is 6. The molecular formula is C33H36ClFN6O3. The normalized spacial score (nSPS) is 23.8. The van der Waals surface area contributed by atoms with Crippen LogP contribution >= 0.6 is 11.6 Å². The molecule has 230 valence electrons. The molecule has 6 rings (SSSR count). The molecule has 0 bridgehead atoms. The number of carbonyl (C=O) groups is 1. The number of likely N-dealkylation sites (tertiary alicyclic amines) is 1. The van der Waals surface area contributed by atoms with Gasteiger partial charge in [0.2, 0.25) is 6.54 Å². The number of halogens is 2. The molecule has 3 aliphatic heterocycles. The van der Waals surface area contributed by atoms with Crippen molar-refractivity contribution < 1.29 is 18.7 Å². The van der Waals surface area contributed by atoms with E-state index in [1.807, 2.05) is 41.3 Å². The second-order valence-corrected chi connectivity index (χ2v) is 12.5. The van der Waals surface area contributed by atoms with Gasteiger partial charge in [-0.3, -0.25) is 9.69 Å². The molecule has 0 spiro atoms. The number of likely N-dealkylation sites (N-methyl/N-ethyl adjacent to an activating group) is 1. The lowest BCUT2D eigenvalue weighted by molar-refractivity contribution is -0.131. The molecule has 9 nitrogen and oxygen atoms in total. The second kappa shape index (κ2) is 12.3. The fourth-order valence-corrected chi connectivity index (χ4v) is 6.93. The molecule has 1 unspecified atom stereocenters. The molecule has 0 saturated carbocycles. The van der Waals surface area contributed by atoms with Gasteiger partial charge in [-0.25, -0.2) is 11.0 Å². The highest BCUT2D eigenvalue weighted by molar-refractivity contribution is 6.35. The lowest BCUT2D eigenvalue weighted by Gasteiger charge is -2.40. The first-order chi connectivity index (χ1) is 21.2. The Kier molecular flexibility index (Phi) is 8.46.